The molecule has 0 aliphatic heterocycles. The Bertz CT molecular complexity index is 615. The van der Waals surface area contributed by atoms with Crippen molar-refractivity contribution in [2.45, 2.75) is 0 Å². The number of allylic oxidation sites excluding steroid dienone is 3. The van der Waals surface area contributed by atoms with Crippen LogP contribution in [0, 0.1) is 22.7 Å². The summed E-state index contributed by atoms with van der Waals surface area (Å²) in [6.07, 6.45) is 3.82. The molecular formula is C14H10BrClN2S2. The van der Waals surface area contributed by atoms with Crippen LogP contribution in [0.1, 0.15) is 5.56 Å². The largest absolute Gasteiger partial charge is 0.192 e. The minimum Gasteiger partial charge on any atom is -0.192 e. The van der Waals surface area contributed by atoms with Gasteiger partial charge in [0.15, 0.2) is 0 Å². The summed E-state index contributed by atoms with van der Waals surface area (Å²) in [5, 5.41) is 18.7. The van der Waals surface area contributed by atoms with E-state index in [1.807, 2.05) is 48.9 Å². The molecule has 2 nitrogen and oxygen atoms in total. The number of rotatable bonds is 4. The lowest BCUT2D eigenvalue weighted by Crippen LogP contribution is -1.92. The number of hydrogen-bond acceptors (Lipinski definition) is 4. The van der Waals surface area contributed by atoms with E-state index in [9.17, 15) is 0 Å². The maximum absolute atomic E-state index is 9.15. The zero-order valence-corrected chi connectivity index (χ0v) is 14.8. The molecule has 0 atom stereocenters. The van der Waals surface area contributed by atoms with E-state index in [4.69, 9.17) is 22.1 Å². The number of halogens is 2. The SMILES string of the molecule is CSC(SC)=C(Cl)C(=C(C#N)C#N)c1ccc(Br)cc1. The highest BCUT2D eigenvalue weighted by atomic mass is 79.9. The van der Waals surface area contributed by atoms with Crippen LogP contribution in [0.25, 0.3) is 5.57 Å². The zero-order valence-electron chi connectivity index (χ0n) is 10.8. The molecule has 0 N–H and O–H groups in total. The average molecular weight is 386 g/mol. The predicted octanol–water partition coefficient (Wildman–Crippen LogP) is 5.38. The molecule has 0 aromatic heterocycles. The van der Waals surface area contributed by atoms with Gasteiger partial charge < -0.3 is 0 Å². The topological polar surface area (TPSA) is 47.6 Å². The molecule has 0 fully saturated rings. The first kappa shape index (κ1) is 17.2. The van der Waals surface area contributed by atoms with Gasteiger partial charge in [-0.05, 0) is 30.2 Å². The Hall–Kier alpha value is -0.850. The summed E-state index contributed by atoms with van der Waals surface area (Å²) in [7, 11) is 0. The third-order valence-electron chi connectivity index (χ3n) is 2.38. The van der Waals surface area contributed by atoms with Crippen molar-refractivity contribution in [2.75, 3.05) is 12.5 Å². The monoisotopic (exact) mass is 384 g/mol. The summed E-state index contributed by atoms with van der Waals surface area (Å²) in [4.78, 5) is 0. The molecule has 1 aromatic rings. The molecule has 0 saturated carbocycles. The fraction of sp³-hybridized carbons (Fsp3) is 0.143. The van der Waals surface area contributed by atoms with Crippen molar-refractivity contribution in [3.63, 3.8) is 0 Å². The minimum absolute atomic E-state index is 0.0120. The van der Waals surface area contributed by atoms with Crippen LogP contribution >= 0.6 is 51.1 Å². The fourth-order valence-corrected chi connectivity index (χ4v) is 3.66. The lowest BCUT2D eigenvalue weighted by atomic mass is 10.0. The third-order valence-corrected chi connectivity index (χ3v) is 5.66. The van der Waals surface area contributed by atoms with Gasteiger partial charge in [-0.3, -0.25) is 0 Å². The van der Waals surface area contributed by atoms with E-state index in [0.29, 0.717) is 10.6 Å². The molecule has 102 valence electrons. The van der Waals surface area contributed by atoms with Crippen molar-refractivity contribution >= 4 is 56.6 Å². The summed E-state index contributed by atoms with van der Waals surface area (Å²) in [6, 6.07) is 11.2. The number of thioether (sulfide) groups is 2. The van der Waals surface area contributed by atoms with Gasteiger partial charge in [-0.25, -0.2) is 0 Å². The van der Waals surface area contributed by atoms with Crippen LogP contribution in [-0.4, -0.2) is 12.5 Å². The number of benzene rings is 1. The van der Waals surface area contributed by atoms with Crippen LogP contribution in [0.15, 0.2) is 43.6 Å². The maximum atomic E-state index is 9.15. The van der Waals surface area contributed by atoms with Crippen molar-refractivity contribution in [3.05, 3.63) is 49.1 Å². The molecule has 0 heterocycles. The molecule has 0 aliphatic rings. The second kappa shape index (κ2) is 8.44. The Labute approximate surface area is 140 Å². The Balaban J connectivity index is 3.59. The highest BCUT2D eigenvalue weighted by Gasteiger charge is 2.16. The van der Waals surface area contributed by atoms with Crippen LogP contribution in [0.4, 0.5) is 0 Å². The van der Waals surface area contributed by atoms with Gasteiger partial charge in [0.1, 0.15) is 17.7 Å². The van der Waals surface area contributed by atoms with Crippen molar-refractivity contribution in [1.29, 1.82) is 10.5 Å². The first-order valence-corrected chi connectivity index (χ1v) is 8.99. The van der Waals surface area contributed by atoms with Crippen molar-refractivity contribution in [1.82, 2.24) is 0 Å². The first-order chi connectivity index (χ1) is 9.58. The van der Waals surface area contributed by atoms with E-state index in [-0.39, 0.29) is 5.57 Å². The quantitative estimate of drug-likeness (QED) is 0.515. The predicted molar refractivity (Wildman–Crippen MR) is 92.2 cm³/mol. The Kier molecular flexibility index (Phi) is 7.26. The van der Waals surface area contributed by atoms with Gasteiger partial charge in [-0.2, -0.15) is 10.5 Å². The first-order valence-electron chi connectivity index (χ1n) is 5.37. The van der Waals surface area contributed by atoms with Crippen LogP contribution in [-0.2, 0) is 0 Å². The van der Waals surface area contributed by atoms with Gasteiger partial charge in [0.25, 0.3) is 0 Å². The molecule has 1 aromatic carbocycles. The van der Waals surface area contributed by atoms with E-state index in [0.717, 1.165) is 14.3 Å². The molecule has 1 rings (SSSR count). The zero-order chi connectivity index (χ0) is 15.1. The van der Waals surface area contributed by atoms with E-state index < -0.39 is 0 Å². The van der Waals surface area contributed by atoms with Gasteiger partial charge in [-0.15, -0.1) is 23.5 Å². The second-order valence-electron chi connectivity index (χ2n) is 3.49. The molecule has 0 spiro atoms. The molecule has 0 radical (unpaired) electrons. The molecule has 0 bridgehead atoms. The summed E-state index contributed by atoms with van der Waals surface area (Å²) >= 11 is 12.7. The number of nitriles is 2. The molecule has 6 heteroatoms. The summed E-state index contributed by atoms with van der Waals surface area (Å²) < 4.78 is 1.79. The van der Waals surface area contributed by atoms with Gasteiger partial charge in [0.2, 0.25) is 0 Å². The Morgan fingerprint density at radius 2 is 1.60 bits per heavy atom. The van der Waals surface area contributed by atoms with Crippen LogP contribution < -0.4 is 0 Å². The summed E-state index contributed by atoms with van der Waals surface area (Å²) in [5.41, 5.74) is 1.23. The third kappa shape index (κ3) is 4.07. The highest BCUT2D eigenvalue weighted by molar-refractivity contribution is 9.10. The van der Waals surface area contributed by atoms with E-state index >= 15 is 0 Å². The normalized spacial score (nSPS) is 9.30. The van der Waals surface area contributed by atoms with E-state index in [2.05, 4.69) is 15.9 Å². The van der Waals surface area contributed by atoms with E-state index in [1.54, 1.807) is 0 Å². The Morgan fingerprint density at radius 3 is 2.00 bits per heavy atom. The molecular weight excluding hydrogens is 376 g/mol. The van der Waals surface area contributed by atoms with Gasteiger partial charge >= 0.3 is 0 Å². The van der Waals surface area contributed by atoms with Gasteiger partial charge in [-0.1, -0.05) is 39.7 Å². The van der Waals surface area contributed by atoms with E-state index in [1.165, 1.54) is 23.5 Å². The fourth-order valence-electron chi connectivity index (χ4n) is 1.50. The molecule has 0 saturated heterocycles. The molecule has 0 aliphatic carbocycles. The van der Waals surface area contributed by atoms with Gasteiger partial charge in [0.05, 0.1) is 9.27 Å². The summed E-state index contributed by atoms with van der Waals surface area (Å²) in [6.45, 7) is 0. The number of hydrogen-bond donors (Lipinski definition) is 0. The Morgan fingerprint density at radius 1 is 1.10 bits per heavy atom. The van der Waals surface area contributed by atoms with Crippen LogP contribution in [0.3, 0.4) is 0 Å². The van der Waals surface area contributed by atoms with Crippen molar-refractivity contribution < 1.29 is 0 Å². The molecule has 20 heavy (non-hydrogen) atoms. The second-order valence-corrected chi connectivity index (χ2v) is 6.68. The minimum atomic E-state index is 0.0120. The van der Waals surface area contributed by atoms with Crippen LogP contribution in [0.2, 0.25) is 0 Å². The summed E-state index contributed by atoms with van der Waals surface area (Å²) in [5.74, 6) is 0. The average Bonchev–Trinajstić information content (AvgIpc) is 2.47. The standard InChI is InChI=1S/C14H10BrClN2S2/c1-19-14(20-2)13(16)12(10(7-17)8-18)9-3-5-11(15)6-4-9/h3-6H,1-2H3. The lowest BCUT2D eigenvalue weighted by Gasteiger charge is -2.11. The van der Waals surface area contributed by atoms with Gasteiger partial charge in [0, 0.05) is 10.0 Å². The smallest absolute Gasteiger partial charge is 0.139 e. The van der Waals surface area contributed by atoms with Crippen molar-refractivity contribution in [2.24, 2.45) is 0 Å². The molecule has 0 unspecified atom stereocenters. The number of nitrogens with zero attached hydrogens (tertiary/aromatic N) is 2. The highest BCUT2D eigenvalue weighted by Crippen LogP contribution is 2.39. The van der Waals surface area contributed by atoms with Crippen molar-refractivity contribution in [3.8, 4) is 12.1 Å². The lowest BCUT2D eigenvalue weighted by molar-refractivity contribution is 1.45. The van der Waals surface area contributed by atoms with Crippen LogP contribution in [0.5, 0.6) is 0 Å². The molecule has 0 amide bonds. The maximum Gasteiger partial charge on any atom is 0.139 e.